The number of pyridine rings is 1. The first kappa shape index (κ1) is 23.9. The molecular weight excluding hydrogens is 473 g/mol. The number of benzene rings is 1. The van der Waals surface area contributed by atoms with Crippen molar-refractivity contribution in [2.45, 2.75) is 5.34 Å². The minimum absolute atomic E-state index is 0.00142. The van der Waals surface area contributed by atoms with Gasteiger partial charge in [-0.2, -0.15) is 9.49 Å². The number of nitrogens with one attached hydrogen (secondary N) is 2. The van der Waals surface area contributed by atoms with Crippen LogP contribution in [0.25, 0.3) is 16.6 Å². The Balaban J connectivity index is 1.41. The van der Waals surface area contributed by atoms with E-state index >= 15 is 4.39 Å². The Morgan fingerprint density at radius 3 is 2.50 bits per heavy atom. The number of nitrogens with zero attached hydrogens (tertiary/aromatic N) is 5. The summed E-state index contributed by atoms with van der Waals surface area (Å²) in [5.41, 5.74) is -0.187. The molecule has 1 aliphatic rings. The van der Waals surface area contributed by atoms with Gasteiger partial charge in [-0.3, -0.25) is 9.59 Å². The topological polar surface area (TPSA) is 98.6 Å². The molecule has 0 aliphatic carbocycles. The molecule has 9 nitrogen and oxygen atoms in total. The van der Waals surface area contributed by atoms with Crippen molar-refractivity contribution in [1.82, 2.24) is 29.8 Å². The highest BCUT2D eigenvalue weighted by Crippen LogP contribution is 2.30. The maximum atomic E-state index is 15.7. The number of aromatic nitrogens is 4. The summed E-state index contributed by atoms with van der Waals surface area (Å²) < 4.78 is 45.4. The quantitative estimate of drug-likeness (QED) is 0.294. The molecule has 0 saturated carbocycles. The zero-order valence-electron chi connectivity index (χ0n) is 19.9. The van der Waals surface area contributed by atoms with Gasteiger partial charge in [0.1, 0.15) is 26.9 Å². The molecule has 1 aromatic carbocycles. The van der Waals surface area contributed by atoms with Gasteiger partial charge in [0.15, 0.2) is 17.2 Å². The van der Waals surface area contributed by atoms with E-state index in [-0.39, 0.29) is 22.2 Å². The van der Waals surface area contributed by atoms with Crippen molar-refractivity contribution in [3.63, 3.8) is 0 Å². The van der Waals surface area contributed by atoms with Crippen LogP contribution >= 0.6 is 0 Å². The normalized spacial score (nSPS) is 15.1. The van der Waals surface area contributed by atoms with Crippen molar-refractivity contribution in [2.75, 3.05) is 38.1 Å². The molecule has 3 aromatic heterocycles. The SMILES string of the molecule is BC(B)(c1ccc2c([nH]c(=O)c3c(F)cnn32)c1F)N1CCN(c2ccc(C(=O)NC)nc2F)CC1. The minimum Gasteiger partial charge on any atom is -0.365 e. The van der Waals surface area contributed by atoms with Gasteiger partial charge >= 0.3 is 0 Å². The largest absolute Gasteiger partial charge is 0.365 e. The number of hydrogen-bond acceptors (Lipinski definition) is 6. The average molecular weight is 495 g/mol. The molecule has 1 aliphatic heterocycles. The highest BCUT2D eigenvalue weighted by atomic mass is 19.1. The van der Waals surface area contributed by atoms with Gasteiger partial charge in [0.2, 0.25) is 5.95 Å². The third kappa shape index (κ3) is 3.72. The third-order valence-electron chi connectivity index (χ3n) is 6.89. The van der Waals surface area contributed by atoms with Gasteiger partial charge < -0.3 is 20.1 Å². The van der Waals surface area contributed by atoms with E-state index in [9.17, 15) is 18.4 Å². The summed E-state index contributed by atoms with van der Waals surface area (Å²) >= 11 is 0. The van der Waals surface area contributed by atoms with Crippen LogP contribution in [0.3, 0.4) is 0 Å². The number of H-pyrrole nitrogens is 1. The molecule has 5 rings (SSSR count). The van der Waals surface area contributed by atoms with E-state index in [2.05, 4.69) is 25.3 Å². The number of rotatable bonds is 4. The van der Waals surface area contributed by atoms with Crippen molar-refractivity contribution >= 4 is 43.8 Å². The van der Waals surface area contributed by atoms with Crippen LogP contribution in [0.1, 0.15) is 16.1 Å². The summed E-state index contributed by atoms with van der Waals surface area (Å²) in [5.74, 6) is -2.59. The number of halogens is 3. The lowest BCUT2D eigenvalue weighted by Gasteiger charge is -2.45. The number of carbonyl (C=O) groups is 1. The van der Waals surface area contributed by atoms with Crippen LogP contribution in [0, 0.1) is 17.6 Å². The maximum absolute atomic E-state index is 15.7. The molecular formula is C22H22B2F3N7O2. The lowest BCUT2D eigenvalue weighted by atomic mass is 9.56. The van der Waals surface area contributed by atoms with E-state index in [0.717, 1.165) is 10.7 Å². The number of fused-ring (bicyclic) bond motifs is 3. The van der Waals surface area contributed by atoms with Crippen LogP contribution in [0.4, 0.5) is 18.9 Å². The molecule has 36 heavy (non-hydrogen) atoms. The van der Waals surface area contributed by atoms with E-state index < -0.39 is 34.4 Å². The summed E-state index contributed by atoms with van der Waals surface area (Å²) in [6.07, 6.45) is 0.920. The Morgan fingerprint density at radius 2 is 1.83 bits per heavy atom. The second kappa shape index (κ2) is 8.70. The number of anilines is 1. The first-order chi connectivity index (χ1) is 17.1. The van der Waals surface area contributed by atoms with Gasteiger partial charge in [0.05, 0.1) is 17.4 Å². The van der Waals surface area contributed by atoms with Gasteiger partial charge in [-0.1, -0.05) is 6.07 Å². The number of piperazine rings is 1. The number of carbonyl (C=O) groups excluding carboxylic acids is 1. The Bertz CT molecular complexity index is 1570. The highest BCUT2D eigenvalue weighted by molar-refractivity contribution is 6.39. The highest BCUT2D eigenvalue weighted by Gasteiger charge is 2.35. The van der Waals surface area contributed by atoms with Crippen LogP contribution in [0.2, 0.25) is 0 Å². The lowest BCUT2D eigenvalue weighted by molar-refractivity contribution is 0.0957. The minimum atomic E-state index is -0.782. The van der Waals surface area contributed by atoms with E-state index in [1.165, 1.54) is 19.2 Å². The Morgan fingerprint density at radius 1 is 1.11 bits per heavy atom. The summed E-state index contributed by atoms with van der Waals surface area (Å²) in [6, 6.07) is 6.23. The summed E-state index contributed by atoms with van der Waals surface area (Å²) in [6.45, 7) is 1.92. The van der Waals surface area contributed by atoms with Gasteiger partial charge in [-0.05, 0) is 29.1 Å². The molecule has 0 radical (unpaired) electrons. The molecule has 2 N–H and O–H groups in total. The zero-order chi connectivity index (χ0) is 25.8. The van der Waals surface area contributed by atoms with Gasteiger partial charge in [-0.25, -0.2) is 18.3 Å². The first-order valence-electron chi connectivity index (χ1n) is 11.4. The lowest BCUT2D eigenvalue weighted by Crippen LogP contribution is -2.57. The molecule has 0 bridgehead atoms. The average Bonchev–Trinajstić information content (AvgIpc) is 3.26. The van der Waals surface area contributed by atoms with Crippen LogP contribution in [-0.2, 0) is 5.34 Å². The zero-order valence-corrected chi connectivity index (χ0v) is 19.9. The summed E-state index contributed by atoms with van der Waals surface area (Å²) in [7, 11) is 5.19. The Labute approximate surface area is 205 Å². The second-order valence-electron chi connectivity index (χ2n) is 9.15. The molecule has 0 spiro atoms. The predicted molar refractivity (Wildman–Crippen MR) is 133 cm³/mol. The summed E-state index contributed by atoms with van der Waals surface area (Å²) in [5, 5.41) is 5.52. The Kier molecular flexibility index (Phi) is 5.78. The molecule has 4 aromatic rings. The fraction of sp³-hybridized carbons (Fsp3) is 0.273. The maximum Gasteiger partial charge on any atom is 0.277 e. The van der Waals surface area contributed by atoms with Crippen molar-refractivity contribution in [3.8, 4) is 0 Å². The molecule has 184 valence electrons. The molecule has 1 saturated heterocycles. The predicted octanol–water partition coefficient (Wildman–Crippen LogP) is -0.454. The van der Waals surface area contributed by atoms with E-state index in [1.54, 1.807) is 12.1 Å². The van der Waals surface area contributed by atoms with E-state index in [0.29, 0.717) is 37.4 Å². The summed E-state index contributed by atoms with van der Waals surface area (Å²) in [4.78, 5) is 34.2. The molecule has 1 fully saturated rings. The fourth-order valence-corrected chi connectivity index (χ4v) is 4.82. The molecule has 4 heterocycles. The molecule has 0 atom stereocenters. The second-order valence-corrected chi connectivity index (χ2v) is 9.15. The van der Waals surface area contributed by atoms with Crippen molar-refractivity contribution in [3.05, 3.63) is 69.7 Å². The Hall–Kier alpha value is -3.80. The van der Waals surface area contributed by atoms with Crippen LogP contribution in [0.5, 0.6) is 0 Å². The first-order valence-corrected chi connectivity index (χ1v) is 11.4. The molecule has 1 amide bonds. The number of aromatic amines is 1. The monoisotopic (exact) mass is 495 g/mol. The molecule has 0 unspecified atom stereocenters. The third-order valence-corrected chi connectivity index (χ3v) is 6.89. The van der Waals surface area contributed by atoms with E-state index in [4.69, 9.17) is 0 Å². The number of amides is 1. The fourth-order valence-electron chi connectivity index (χ4n) is 4.82. The van der Waals surface area contributed by atoms with Gasteiger partial charge in [0.25, 0.3) is 11.5 Å². The van der Waals surface area contributed by atoms with Crippen molar-refractivity contribution < 1.29 is 18.0 Å². The van der Waals surface area contributed by atoms with Gasteiger partial charge in [-0.15, -0.1) is 0 Å². The van der Waals surface area contributed by atoms with Crippen LogP contribution in [-0.4, -0.2) is 79.3 Å². The smallest absolute Gasteiger partial charge is 0.277 e. The molecule has 14 heteroatoms. The standard InChI is InChI=1S/C22H22B2F3N7O2/c1-28-20(35)13-3-5-15(19(27)30-13)32-6-8-33(9-7-32)22(23,24)11-2-4-14-17(16(11)26)31-21(36)18-12(25)10-29-34(14)18/h2-5,10H,6-9,23-24H2,1H3,(H,28,35)(H,31,36). The van der Waals surface area contributed by atoms with Crippen molar-refractivity contribution in [1.29, 1.82) is 0 Å². The van der Waals surface area contributed by atoms with Crippen LogP contribution in [0.15, 0.2) is 35.3 Å². The van der Waals surface area contributed by atoms with E-state index in [1.807, 2.05) is 20.6 Å². The van der Waals surface area contributed by atoms with Crippen LogP contribution < -0.4 is 15.8 Å². The van der Waals surface area contributed by atoms with Crippen molar-refractivity contribution in [2.24, 2.45) is 0 Å². The van der Waals surface area contributed by atoms with Gasteiger partial charge in [0, 0.05) is 33.2 Å². The number of hydrogen-bond donors (Lipinski definition) is 2.